The number of hydrogen-bond donors (Lipinski definition) is 2. The normalized spacial score (nSPS) is 10.3. The van der Waals surface area contributed by atoms with Crippen LogP contribution in [0.25, 0.3) is 0 Å². The Balaban J connectivity index is 1.61. The summed E-state index contributed by atoms with van der Waals surface area (Å²) >= 11 is 6.03. The van der Waals surface area contributed by atoms with E-state index in [-0.39, 0.29) is 11.6 Å². The third kappa shape index (κ3) is 4.55. The summed E-state index contributed by atoms with van der Waals surface area (Å²) in [6.45, 7) is 2.69. The third-order valence-corrected chi connectivity index (χ3v) is 3.90. The van der Waals surface area contributed by atoms with Crippen molar-refractivity contribution in [3.05, 3.63) is 82.5 Å². The summed E-state index contributed by atoms with van der Waals surface area (Å²) in [6.07, 6.45) is 0. The first-order valence-corrected chi connectivity index (χ1v) is 8.18. The van der Waals surface area contributed by atoms with E-state index in [4.69, 9.17) is 11.6 Å². The van der Waals surface area contributed by atoms with Gasteiger partial charge in [-0.2, -0.15) is 0 Å². The van der Waals surface area contributed by atoms with E-state index in [0.717, 1.165) is 5.56 Å². The van der Waals surface area contributed by atoms with Gasteiger partial charge in [0.2, 0.25) is 0 Å². The quantitative estimate of drug-likeness (QED) is 0.718. The molecule has 0 aliphatic carbocycles. The molecule has 1 aromatic heterocycles. The van der Waals surface area contributed by atoms with E-state index in [1.54, 1.807) is 36.4 Å². The largest absolute Gasteiger partial charge is 0.365 e. The van der Waals surface area contributed by atoms with Gasteiger partial charge in [0.15, 0.2) is 5.69 Å². The lowest BCUT2D eigenvalue weighted by molar-refractivity contribution is 0.102. The third-order valence-electron chi connectivity index (χ3n) is 3.58. The number of anilines is 2. The Morgan fingerprint density at radius 2 is 1.88 bits per heavy atom. The lowest BCUT2D eigenvalue weighted by Crippen LogP contribution is -2.15. The van der Waals surface area contributed by atoms with Crippen molar-refractivity contribution in [3.8, 4) is 0 Å². The van der Waals surface area contributed by atoms with Gasteiger partial charge in [0.05, 0.1) is 10.7 Å². The monoisotopic (exact) mass is 352 g/mol. The summed E-state index contributed by atoms with van der Waals surface area (Å²) in [6, 6.07) is 18.6. The molecule has 1 amide bonds. The maximum absolute atomic E-state index is 12.2. The van der Waals surface area contributed by atoms with Crippen LogP contribution in [0.1, 0.15) is 21.6 Å². The number of rotatable bonds is 5. The molecule has 0 saturated carbocycles. The highest BCUT2D eigenvalue weighted by atomic mass is 35.5. The second-order valence-electron chi connectivity index (χ2n) is 5.58. The van der Waals surface area contributed by atoms with Crippen LogP contribution in [0.5, 0.6) is 0 Å². The molecule has 5 nitrogen and oxygen atoms in total. The number of aryl methyl sites for hydroxylation is 1. The first-order chi connectivity index (χ1) is 12.1. The first kappa shape index (κ1) is 16.9. The molecule has 2 N–H and O–H groups in total. The molecular formula is C19H17ClN4O. The molecule has 0 atom stereocenters. The van der Waals surface area contributed by atoms with Gasteiger partial charge in [-0.1, -0.05) is 53.6 Å². The Hall–Kier alpha value is -2.92. The standard InChI is InChI=1S/C19H17ClN4O/c1-13-5-4-6-14(11-13)12-21-18-10-9-17(23-24-18)19(25)22-16-8-3-2-7-15(16)20/h2-11H,12H2,1H3,(H,21,24)(H,22,25). The number of para-hydroxylation sites is 1. The summed E-state index contributed by atoms with van der Waals surface area (Å²) in [7, 11) is 0. The molecule has 0 bridgehead atoms. The number of amides is 1. The van der Waals surface area contributed by atoms with Gasteiger partial charge in [0.25, 0.3) is 5.91 Å². The number of aromatic nitrogens is 2. The van der Waals surface area contributed by atoms with Crippen molar-refractivity contribution in [3.63, 3.8) is 0 Å². The molecule has 0 aliphatic heterocycles. The Kier molecular flexibility index (Phi) is 5.26. The summed E-state index contributed by atoms with van der Waals surface area (Å²) in [5.41, 5.74) is 3.12. The molecule has 2 aromatic carbocycles. The Morgan fingerprint density at radius 1 is 1.04 bits per heavy atom. The van der Waals surface area contributed by atoms with Crippen LogP contribution in [0.4, 0.5) is 11.5 Å². The fourth-order valence-corrected chi connectivity index (χ4v) is 2.49. The highest BCUT2D eigenvalue weighted by molar-refractivity contribution is 6.33. The van der Waals surface area contributed by atoms with Crippen molar-refractivity contribution in [1.29, 1.82) is 0 Å². The lowest BCUT2D eigenvalue weighted by Gasteiger charge is -2.08. The van der Waals surface area contributed by atoms with Gasteiger partial charge in [-0.05, 0) is 36.8 Å². The van der Waals surface area contributed by atoms with Crippen LogP contribution in [0.2, 0.25) is 5.02 Å². The zero-order valence-corrected chi connectivity index (χ0v) is 14.4. The Labute approximate surface area is 151 Å². The molecule has 126 valence electrons. The molecule has 0 radical (unpaired) electrons. The summed E-state index contributed by atoms with van der Waals surface area (Å²) in [5.74, 6) is 0.252. The van der Waals surface area contributed by atoms with Gasteiger partial charge in [0, 0.05) is 6.54 Å². The van der Waals surface area contributed by atoms with Crippen LogP contribution in [-0.4, -0.2) is 16.1 Å². The molecule has 0 spiro atoms. The van der Waals surface area contributed by atoms with Crippen LogP contribution in [0.15, 0.2) is 60.7 Å². The van der Waals surface area contributed by atoms with Gasteiger partial charge in [-0.25, -0.2) is 0 Å². The van der Waals surface area contributed by atoms with Crippen molar-refractivity contribution in [2.24, 2.45) is 0 Å². The fraction of sp³-hybridized carbons (Fsp3) is 0.105. The van der Waals surface area contributed by atoms with Gasteiger partial charge < -0.3 is 10.6 Å². The number of nitrogens with one attached hydrogen (secondary N) is 2. The van der Waals surface area contributed by atoms with E-state index in [1.807, 2.05) is 12.1 Å². The SMILES string of the molecule is Cc1cccc(CNc2ccc(C(=O)Nc3ccccc3Cl)nn2)c1. The van der Waals surface area contributed by atoms with Crippen LogP contribution in [0.3, 0.4) is 0 Å². The number of halogens is 1. The molecule has 0 aliphatic rings. The highest BCUT2D eigenvalue weighted by Crippen LogP contribution is 2.21. The second kappa shape index (κ2) is 7.77. The molecule has 0 saturated heterocycles. The van der Waals surface area contributed by atoms with E-state index >= 15 is 0 Å². The Morgan fingerprint density at radius 3 is 2.60 bits per heavy atom. The zero-order valence-electron chi connectivity index (χ0n) is 13.7. The van der Waals surface area contributed by atoms with Crippen LogP contribution < -0.4 is 10.6 Å². The molecule has 0 fully saturated rings. The summed E-state index contributed by atoms with van der Waals surface area (Å²) in [4.78, 5) is 12.2. The molecule has 6 heteroatoms. The van der Waals surface area contributed by atoms with E-state index in [1.165, 1.54) is 5.56 Å². The maximum atomic E-state index is 12.2. The van der Waals surface area contributed by atoms with E-state index in [2.05, 4.69) is 39.9 Å². The molecular weight excluding hydrogens is 336 g/mol. The maximum Gasteiger partial charge on any atom is 0.276 e. The average Bonchev–Trinajstić information content (AvgIpc) is 2.62. The number of nitrogens with zero attached hydrogens (tertiary/aromatic N) is 2. The highest BCUT2D eigenvalue weighted by Gasteiger charge is 2.10. The topological polar surface area (TPSA) is 66.9 Å². The molecule has 3 aromatic rings. The van der Waals surface area contributed by atoms with Crippen LogP contribution >= 0.6 is 11.6 Å². The number of carbonyl (C=O) groups is 1. The number of carbonyl (C=O) groups excluding carboxylic acids is 1. The van der Waals surface area contributed by atoms with Crippen molar-refractivity contribution in [1.82, 2.24) is 10.2 Å². The van der Waals surface area contributed by atoms with Crippen molar-refractivity contribution < 1.29 is 4.79 Å². The van der Waals surface area contributed by atoms with Crippen molar-refractivity contribution >= 4 is 29.0 Å². The van der Waals surface area contributed by atoms with Gasteiger partial charge in [0.1, 0.15) is 5.82 Å². The first-order valence-electron chi connectivity index (χ1n) is 7.81. The number of benzene rings is 2. The molecule has 0 unspecified atom stereocenters. The van der Waals surface area contributed by atoms with Gasteiger partial charge in [-0.15, -0.1) is 10.2 Å². The van der Waals surface area contributed by atoms with Gasteiger partial charge >= 0.3 is 0 Å². The van der Waals surface area contributed by atoms with E-state index in [9.17, 15) is 4.79 Å². The van der Waals surface area contributed by atoms with E-state index < -0.39 is 0 Å². The average molecular weight is 353 g/mol. The molecule has 3 rings (SSSR count). The number of hydrogen-bond acceptors (Lipinski definition) is 4. The lowest BCUT2D eigenvalue weighted by atomic mass is 10.1. The Bertz CT molecular complexity index is 881. The minimum Gasteiger partial charge on any atom is -0.365 e. The van der Waals surface area contributed by atoms with Gasteiger partial charge in [-0.3, -0.25) is 4.79 Å². The molecule has 1 heterocycles. The van der Waals surface area contributed by atoms with E-state index in [0.29, 0.717) is 23.1 Å². The van der Waals surface area contributed by atoms with Crippen molar-refractivity contribution in [2.75, 3.05) is 10.6 Å². The second-order valence-corrected chi connectivity index (χ2v) is 5.99. The summed E-state index contributed by atoms with van der Waals surface area (Å²) in [5, 5.41) is 14.4. The fourth-order valence-electron chi connectivity index (χ4n) is 2.31. The minimum atomic E-state index is -0.356. The minimum absolute atomic E-state index is 0.223. The predicted molar refractivity (Wildman–Crippen MR) is 99.9 cm³/mol. The predicted octanol–water partition coefficient (Wildman–Crippen LogP) is 4.30. The molecule has 25 heavy (non-hydrogen) atoms. The van der Waals surface area contributed by atoms with Crippen molar-refractivity contribution in [2.45, 2.75) is 13.5 Å². The van der Waals surface area contributed by atoms with Crippen LogP contribution in [0, 0.1) is 6.92 Å². The smallest absolute Gasteiger partial charge is 0.276 e. The summed E-state index contributed by atoms with van der Waals surface area (Å²) < 4.78 is 0. The zero-order chi connectivity index (χ0) is 17.6. The van der Waals surface area contributed by atoms with Crippen LogP contribution in [-0.2, 0) is 6.54 Å².